The molecule has 103 heavy (non-hydrogen) atoms. The van der Waals surface area contributed by atoms with E-state index in [4.69, 9.17) is 28.7 Å². The van der Waals surface area contributed by atoms with Gasteiger partial charge in [-0.2, -0.15) is 0 Å². The maximum atomic E-state index is 14.7. The highest BCUT2D eigenvalue weighted by atomic mass is 16.4. The molecule has 0 bridgehead atoms. The summed E-state index contributed by atoms with van der Waals surface area (Å²) in [5, 5.41) is 41.0. The van der Waals surface area contributed by atoms with Crippen molar-refractivity contribution in [2.24, 2.45) is 51.4 Å². The lowest BCUT2D eigenvalue weighted by Gasteiger charge is -2.33. The van der Waals surface area contributed by atoms with Gasteiger partial charge in [0.2, 0.25) is 76.8 Å². The normalized spacial score (nSPS) is 19.6. The number of carbonyl (C=O) groups is 15. The first-order valence-electron chi connectivity index (χ1n) is 35.6. The van der Waals surface area contributed by atoms with Crippen LogP contribution in [0.1, 0.15) is 156 Å². The summed E-state index contributed by atoms with van der Waals surface area (Å²) in [5.41, 5.74) is 28.8. The van der Waals surface area contributed by atoms with Gasteiger partial charge in [0.25, 0.3) is 0 Å². The van der Waals surface area contributed by atoms with Crippen LogP contribution in [0, 0.1) is 17.8 Å². The topological polar surface area (TPSA) is 548 Å². The number of nitrogens with two attached hydrogens (primary N) is 5. The number of rotatable bonds is 40. The number of likely N-dealkylation sites (tertiary alicyclic amines) is 4. The molecule has 20 N–H and O–H groups in total. The summed E-state index contributed by atoms with van der Waals surface area (Å²) >= 11 is 0. The van der Waals surface area contributed by atoms with Gasteiger partial charge in [-0.25, -0.2) is 4.79 Å². The summed E-state index contributed by atoms with van der Waals surface area (Å²) in [4.78, 5) is 215. The second-order valence-corrected chi connectivity index (χ2v) is 28.0. The number of carbonyl (C=O) groups excluding carboxylic acids is 13. The SMILES string of the molecule is CC(C)C[C@H](NC(=O)[C@H](Cc1ccccc1)NC(=O)[C@@H]1CCCN1C(=O)[C@H](CCCCN)NC(=O)[C@@H]1CCCN1C(=O)[C@H](CC(=O)O)NC(=O)[C@@H]1CCCN1C(=O)[C@H](CC(N)=O)NC(=O)[C@@H](NC(=O)[C@H](CC(C)C)NC(=O)[C@@H]1CCCN1C(=O)CNC(=O)[C@@H](N)CCCN=C(N)N)C(C)C)C(=O)O. The molecule has 0 aliphatic carbocycles. The lowest BCUT2D eigenvalue weighted by molar-refractivity contribution is -0.148. The summed E-state index contributed by atoms with van der Waals surface area (Å²) in [7, 11) is 0. The van der Waals surface area contributed by atoms with Crippen molar-refractivity contribution < 1.29 is 82.1 Å². The predicted octanol–water partition coefficient (Wildman–Crippen LogP) is -3.60. The number of aliphatic imine (C=N–C) groups is 1. The first kappa shape index (κ1) is 84.1. The number of carboxylic acids is 2. The average Bonchev–Trinajstić information content (AvgIpc) is 1.74. The van der Waals surface area contributed by atoms with E-state index in [0.717, 1.165) is 9.80 Å². The van der Waals surface area contributed by atoms with Crippen LogP contribution >= 0.6 is 0 Å². The fourth-order valence-electron chi connectivity index (χ4n) is 13.3. The molecule has 1 aromatic rings. The van der Waals surface area contributed by atoms with Crippen molar-refractivity contribution in [2.45, 2.75) is 230 Å². The molecule has 572 valence electrons. The van der Waals surface area contributed by atoms with Crippen LogP contribution in [0.25, 0.3) is 0 Å². The van der Waals surface area contributed by atoms with Crippen molar-refractivity contribution in [3.8, 4) is 0 Å². The number of nitrogens with one attached hydrogen (secondary N) is 8. The van der Waals surface area contributed by atoms with E-state index >= 15 is 0 Å². The van der Waals surface area contributed by atoms with Crippen LogP contribution in [0.4, 0.5) is 0 Å². The lowest BCUT2D eigenvalue weighted by atomic mass is 9.99. The van der Waals surface area contributed by atoms with Crippen LogP contribution < -0.4 is 71.2 Å². The molecule has 4 fully saturated rings. The Morgan fingerprint density at radius 3 is 1.43 bits per heavy atom. The quantitative estimate of drug-likeness (QED) is 0.0171. The standard InChI is InChI=1S/C68H108N18O17/c1-37(2)31-43(77-59(94)48-21-13-27-83(48)53(88)36-75-56(91)41(70)19-12-26-74-68(72)73)58(93)82-55(39(5)6)63(98)80-45(34-52(71)87)65(100)85-29-16-24-51(85)62(97)79-46(35-54(89)90)66(101)86-30-15-22-49(86)60(95)76-42(20-10-11-25-69)64(99)84-28-14-23-50(84)61(96)78-44(33-40-17-8-7-9-18-40)57(92)81-47(67(102)103)32-38(3)4/h7-9,17-18,37-39,41-51,55H,10-16,19-36,69-70H2,1-6H3,(H2,71,87)(H,75,91)(H,76,95)(H,77,94)(H,78,96)(H,79,97)(H,80,98)(H,81,92)(H,82,93)(H,89,90)(H,102,103)(H4,72,73,74)/t41-,42-,43-,44-,45-,46-,47-,48-,49-,50-,51-,55-/m0/s1. The van der Waals surface area contributed by atoms with Crippen LogP contribution in [-0.4, -0.2) is 243 Å². The molecule has 0 saturated carbocycles. The van der Waals surface area contributed by atoms with Crippen LogP contribution in [0.15, 0.2) is 35.3 Å². The van der Waals surface area contributed by atoms with E-state index in [0.29, 0.717) is 37.7 Å². The molecule has 35 nitrogen and oxygen atoms in total. The van der Waals surface area contributed by atoms with Gasteiger partial charge >= 0.3 is 11.9 Å². The third kappa shape index (κ3) is 25.7. The molecule has 13 amide bonds. The molecule has 0 aromatic heterocycles. The zero-order chi connectivity index (χ0) is 76.4. The van der Waals surface area contributed by atoms with Gasteiger partial charge in [-0.1, -0.05) is 71.9 Å². The van der Waals surface area contributed by atoms with Crippen molar-refractivity contribution in [2.75, 3.05) is 45.8 Å². The summed E-state index contributed by atoms with van der Waals surface area (Å²) in [6.07, 6.45) is 1.55. The van der Waals surface area contributed by atoms with Crippen molar-refractivity contribution in [1.82, 2.24) is 62.1 Å². The van der Waals surface area contributed by atoms with E-state index < -0.39 is 187 Å². The third-order valence-electron chi connectivity index (χ3n) is 18.5. The Bertz CT molecular complexity index is 3210. The summed E-state index contributed by atoms with van der Waals surface area (Å²) in [6, 6.07) is -7.01. The number of aliphatic carboxylic acids is 2. The number of amides is 13. The Balaban J connectivity index is 1.26. The van der Waals surface area contributed by atoms with Gasteiger partial charge in [0, 0.05) is 39.1 Å². The zero-order valence-electron chi connectivity index (χ0n) is 59.9. The number of guanidine groups is 1. The summed E-state index contributed by atoms with van der Waals surface area (Å²) < 4.78 is 0. The van der Waals surface area contributed by atoms with E-state index in [2.05, 4.69) is 47.5 Å². The molecular weight excluding hydrogens is 1340 g/mol. The van der Waals surface area contributed by atoms with E-state index in [1.165, 1.54) is 9.80 Å². The second-order valence-electron chi connectivity index (χ2n) is 28.0. The molecule has 4 heterocycles. The average molecular weight is 1450 g/mol. The summed E-state index contributed by atoms with van der Waals surface area (Å²) in [5.74, 6) is -14.3. The predicted molar refractivity (Wildman–Crippen MR) is 374 cm³/mol. The van der Waals surface area contributed by atoms with E-state index in [9.17, 15) is 82.1 Å². The number of nitrogens with zero attached hydrogens (tertiary/aromatic N) is 5. The first-order valence-corrected chi connectivity index (χ1v) is 35.6. The molecule has 0 radical (unpaired) electrons. The number of unbranched alkanes of at least 4 members (excludes halogenated alkanes) is 1. The smallest absolute Gasteiger partial charge is 0.326 e. The van der Waals surface area contributed by atoms with Crippen molar-refractivity contribution >= 4 is 94.7 Å². The minimum atomic E-state index is -1.81. The minimum Gasteiger partial charge on any atom is -0.481 e. The zero-order valence-corrected chi connectivity index (χ0v) is 59.9. The van der Waals surface area contributed by atoms with Gasteiger partial charge in [0.15, 0.2) is 5.96 Å². The number of hydrogen-bond acceptors (Lipinski definition) is 18. The van der Waals surface area contributed by atoms with Crippen LogP contribution in [0.5, 0.6) is 0 Å². The Hall–Kier alpha value is -9.54. The van der Waals surface area contributed by atoms with E-state index in [1.807, 2.05) is 0 Å². The number of primary amides is 1. The second kappa shape index (κ2) is 40.9. The van der Waals surface area contributed by atoms with Gasteiger partial charge < -0.3 is 101 Å². The maximum absolute atomic E-state index is 14.7. The van der Waals surface area contributed by atoms with Gasteiger partial charge in [0.05, 0.1) is 25.4 Å². The molecule has 0 spiro atoms. The Morgan fingerprint density at radius 2 is 0.951 bits per heavy atom. The third-order valence-corrected chi connectivity index (χ3v) is 18.5. The highest BCUT2D eigenvalue weighted by Gasteiger charge is 2.46. The molecular formula is C68H108N18O17. The van der Waals surface area contributed by atoms with Crippen molar-refractivity contribution in [3.63, 3.8) is 0 Å². The number of hydrogen-bond donors (Lipinski definition) is 15. The van der Waals surface area contributed by atoms with E-state index in [1.54, 1.807) is 71.9 Å². The molecule has 4 aliphatic heterocycles. The molecule has 1 aromatic carbocycles. The largest absolute Gasteiger partial charge is 0.481 e. The van der Waals surface area contributed by atoms with Gasteiger partial charge in [-0.3, -0.25) is 72.1 Å². The first-order chi connectivity index (χ1) is 48.7. The van der Waals surface area contributed by atoms with Crippen molar-refractivity contribution in [3.05, 3.63) is 35.9 Å². The summed E-state index contributed by atoms with van der Waals surface area (Å²) in [6.45, 7) is 10.5. The van der Waals surface area contributed by atoms with Crippen LogP contribution in [-0.2, 0) is 78.3 Å². The van der Waals surface area contributed by atoms with Crippen molar-refractivity contribution in [1.29, 1.82) is 0 Å². The lowest BCUT2D eigenvalue weighted by Crippen LogP contribution is -2.61. The van der Waals surface area contributed by atoms with E-state index in [-0.39, 0.29) is 128 Å². The molecule has 12 atom stereocenters. The fraction of sp³-hybridized carbons (Fsp3) is 0.676. The maximum Gasteiger partial charge on any atom is 0.326 e. The van der Waals surface area contributed by atoms with Gasteiger partial charge in [-0.05, 0) is 126 Å². The molecule has 5 rings (SSSR count). The Kier molecular flexibility index (Phi) is 33.4. The Morgan fingerprint density at radius 1 is 0.505 bits per heavy atom. The van der Waals surface area contributed by atoms with Gasteiger partial charge in [-0.15, -0.1) is 0 Å². The molecule has 4 saturated heterocycles. The monoisotopic (exact) mass is 1450 g/mol. The number of carboxylic acid groups (broad SMARTS) is 2. The number of benzene rings is 1. The highest BCUT2D eigenvalue weighted by Crippen LogP contribution is 2.26. The highest BCUT2D eigenvalue weighted by molar-refractivity contribution is 6.01. The minimum absolute atomic E-state index is 0.0126. The van der Waals surface area contributed by atoms with Gasteiger partial charge in [0.1, 0.15) is 66.5 Å². The Labute approximate surface area is 599 Å². The van der Waals surface area contributed by atoms with Crippen LogP contribution in [0.2, 0.25) is 0 Å². The molecule has 4 aliphatic rings. The molecule has 0 unspecified atom stereocenters. The molecule has 35 heteroatoms. The van der Waals surface area contributed by atoms with Crippen LogP contribution in [0.3, 0.4) is 0 Å². The fourth-order valence-corrected chi connectivity index (χ4v) is 13.3.